The van der Waals surface area contributed by atoms with Gasteiger partial charge in [-0.2, -0.15) is 0 Å². The van der Waals surface area contributed by atoms with Crippen LogP contribution in [0.25, 0.3) is 0 Å². The Morgan fingerprint density at radius 3 is 2.86 bits per heavy atom. The van der Waals surface area contributed by atoms with Crippen molar-refractivity contribution in [2.75, 3.05) is 13.9 Å². The summed E-state index contributed by atoms with van der Waals surface area (Å²) >= 11 is 0. The van der Waals surface area contributed by atoms with Gasteiger partial charge in [0, 0.05) is 12.5 Å². The number of rotatable bonds is 6. The summed E-state index contributed by atoms with van der Waals surface area (Å²) in [7, 11) is 1.62. The molecule has 22 heavy (non-hydrogen) atoms. The molecule has 2 atom stereocenters. The SMILES string of the molecule is CCCC[C@@]12CC=C(C)[C@]1(O)c1ccc(OCOC)cc1C2. The van der Waals surface area contributed by atoms with Crippen LogP contribution in [0.5, 0.6) is 5.75 Å². The van der Waals surface area contributed by atoms with Crippen LogP contribution >= 0.6 is 0 Å². The lowest BCUT2D eigenvalue weighted by atomic mass is 9.69. The van der Waals surface area contributed by atoms with Crippen LogP contribution in [0.1, 0.15) is 50.7 Å². The van der Waals surface area contributed by atoms with Crippen molar-refractivity contribution in [3.8, 4) is 5.75 Å². The summed E-state index contributed by atoms with van der Waals surface area (Å²) in [6, 6.07) is 6.06. The quantitative estimate of drug-likeness (QED) is 0.639. The van der Waals surface area contributed by atoms with Crippen LogP contribution in [0.3, 0.4) is 0 Å². The molecule has 3 nitrogen and oxygen atoms in total. The number of benzene rings is 1. The van der Waals surface area contributed by atoms with Crippen LogP contribution in [0, 0.1) is 5.41 Å². The highest BCUT2D eigenvalue weighted by molar-refractivity contribution is 5.52. The number of fused-ring (bicyclic) bond motifs is 3. The molecule has 0 aliphatic heterocycles. The fraction of sp³-hybridized carbons (Fsp3) is 0.579. The van der Waals surface area contributed by atoms with E-state index in [4.69, 9.17) is 9.47 Å². The molecule has 3 heteroatoms. The van der Waals surface area contributed by atoms with Gasteiger partial charge in [0.25, 0.3) is 0 Å². The van der Waals surface area contributed by atoms with E-state index in [9.17, 15) is 5.11 Å². The predicted octanol–water partition coefficient (Wildman–Crippen LogP) is 3.94. The molecule has 0 amide bonds. The zero-order valence-electron chi connectivity index (χ0n) is 13.8. The summed E-state index contributed by atoms with van der Waals surface area (Å²) in [6.07, 6.45) is 7.51. The van der Waals surface area contributed by atoms with Gasteiger partial charge in [0.1, 0.15) is 11.4 Å². The molecule has 1 N–H and O–H groups in total. The number of unbranched alkanes of at least 4 members (excludes halogenated alkanes) is 1. The Labute approximate surface area is 132 Å². The second-order valence-electron chi connectivity index (χ2n) is 6.73. The van der Waals surface area contributed by atoms with Gasteiger partial charge >= 0.3 is 0 Å². The maximum Gasteiger partial charge on any atom is 0.188 e. The summed E-state index contributed by atoms with van der Waals surface area (Å²) in [5.41, 5.74) is 2.54. The second kappa shape index (κ2) is 5.71. The molecule has 0 unspecified atom stereocenters. The maximum atomic E-state index is 11.6. The molecule has 0 aromatic heterocycles. The molecular weight excluding hydrogens is 276 g/mol. The van der Waals surface area contributed by atoms with Gasteiger partial charge in [-0.1, -0.05) is 31.9 Å². The highest BCUT2D eigenvalue weighted by Gasteiger charge is 2.59. The van der Waals surface area contributed by atoms with Crippen molar-refractivity contribution in [2.45, 2.75) is 51.6 Å². The largest absolute Gasteiger partial charge is 0.468 e. The van der Waals surface area contributed by atoms with Gasteiger partial charge in [-0.15, -0.1) is 0 Å². The maximum absolute atomic E-state index is 11.6. The molecule has 0 radical (unpaired) electrons. The van der Waals surface area contributed by atoms with Crippen LogP contribution in [0.15, 0.2) is 29.8 Å². The van der Waals surface area contributed by atoms with Crippen molar-refractivity contribution < 1.29 is 14.6 Å². The third-order valence-electron chi connectivity index (χ3n) is 5.48. The van der Waals surface area contributed by atoms with E-state index in [1.165, 1.54) is 5.56 Å². The Balaban J connectivity index is 1.97. The third-order valence-corrected chi connectivity index (χ3v) is 5.48. The average Bonchev–Trinajstić information content (AvgIpc) is 2.91. The molecule has 2 aliphatic carbocycles. The molecule has 0 saturated heterocycles. The van der Waals surface area contributed by atoms with Crippen molar-refractivity contribution in [2.24, 2.45) is 5.41 Å². The van der Waals surface area contributed by atoms with Crippen molar-refractivity contribution in [3.05, 3.63) is 41.0 Å². The predicted molar refractivity (Wildman–Crippen MR) is 86.9 cm³/mol. The number of methoxy groups -OCH3 is 1. The average molecular weight is 302 g/mol. The summed E-state index contributed by atoms with van der Waals surface area (Å²) in [5.74, 6) is 0.816. The molecular formula is C19H26O3. The summed E-state index contributed by atoms with van der Waals surface area (Å²) in [5, 5.41) is 11.6. The van der Waals surface area contributed by atoms with E-state index in [1.807, 2.05) is 12.1 Å². The summed E-state index contributed by atoms with van der Waals surface area (Å²) in [4.78, 5) is 0. The number of hydrogen-bond donors (Lipinski definition) is 1. The van der Waals surface area contributed by atoms with Gasteiger partial charge in [-0.3, -0.25) is 0 Å². The van der Waals surface area contributed by atoms with Gasteiger partial charge in [-0.25, -0.2) is 0 Å². The van der Waals surface area contributed by atoms with E-state index in [0.717, 1.165) is 49.0 Å². The molecule has 1 aromatic carbocycles. The topological polar surface area (TPSA) is 38.7 Å². The van der Waals surface area contributed by atoms with Crippen molar-refractivity contribution in [3.63, 3.8) is 0 Å². The van der Waals surface area contributed by atoms with E-state index in [-0.39, 0.29) is 12.2 Å². The molecule has 0 fully saturated rings. The van der Waals surface area contributed by atoms with Crippen molar-refractivity contribution in [1.29, 1.82) is 0 Å². The van der Waals surface area contributed by atoms with E-state index >= 15 is 0 Å². The first-order valence-electron chi connectivity index (χ1n) is 8.22. The van der Waals surface area contributed by atoms with Gasteiger partial charge in [-0.05, 0) is 55.0 Å². The Morgan fingerprint density at radius 2 is 2.14 bits per heavy atom. The first kappa shape index (κ1) is 15.6. The molecule has 3 rings (SSSR count). The van der Waals surface area contributed by atoms with E-state index in [0.29, 0.717) is 0 Å². The molecule has 0 saturated carbocycles. The molecule has 0 heterocycles. The number of allylic oxidation sites excluding steroid dienone is 1. The minimum absolute atomic E-state index is 0.0602. The molecule has 0 bridgehead atoms. The molecule has 1 aromatic rings. The highest BCUT2D eigenvalue weighted by atomic mass is 16.7. The lowest BCUT2D eigenvalue weighted by molar-refractivity contribution is -0.0385. The first-order valence-corrected chi connectivity index (χ1v) is 8.22. The zero-order chi connectivity index (χ0) is 15.8. The Morgan fingerprint density at radius 1 is 1.32 bits per heavy atom. The summed E-state index contributed by atoms with van der Waals surface area (Å²) < 4.78 is 10.5. The fourth-order valence-corrected chi connectivity index (χ4v) is 4.30. The number of ether oxygens (including phenoxy) is 2. The van der Waals surface area contributed by atoms with E-state index in [2.05, 4.69) is 26.0 Å². The minimum atomic E-state index is -0.794. The molecule has 0 spiro atoms. The lowest BCUT2D eigenvalue weighted by Gasteiger charge is -2.39. The monoisotopic (exact) mass is 302 g/mol. The lowest BCUT2D eigenvalue weighted by Crippen LogP contribution is -2.40. The van der Waals surface area contributed by atoms with Gasteiger partial charge in [0.2, 0.25) is 0 Å². The van der Waals surface area contributed by atoms with Crippen LogP contribution in [0.2, 0.25) is 0 Å². The van der Waals surface area contributed by atoms with Crippen LogP contribution in [-0.2, 0) is 16.8 Å². The van der Waals surface area contributed by atoms with Crippen LogP contribution in [0.4, 0.5) is 0 Å². The van der Waals surface area contributed by atoms with E-state index < -0.39 is 5.60 Å². The van der Waals surface area contributed by atoms with Crippen LogP contribution in [-0.4, -0.2) is 19.0 Å². The van der Waals surface area contributed by atoms with E-state index in [1.54, 1.807) is 7.11 Å². The minimum Gasteiger partial charge on any atom is -0.468 e. The zero-order valence-corrected chi connectivity index (χ0v) is 13.8. The Kier molecular flexibility index (Phi) is 4.04. The smallest absolute Gasteiger partial charge is 0.188 e. The van der Waals surface area contributed by atoms with Gasteiger partial charge in [0.15, 0.2) is 6.79 Å². The summed E-state index contributed by atoms with van der Waals surface area (Å²) in [6.45, 7) is 4.53. The van der Waals surface area contributed by atoms with Gasteiger partial charge in [0.05, 0.1) is 0 Å². The number of aliphatic hydroxyl groups is 1. The van der Waals surface area contributed by atoms with Crippen LogP contribution < -0.4 is 4.74 Å². The first-order chi connectivity index (χ1) is 10.6. The third kappa shape index (κ3) is 2.10. The van der Waals surface area contributed by atoms with Crippen molar-refractivity contribution in [1.82, 2.24) is 0 Å². The number of hydrogen-bond acceptors (Lipinski definition) is 3. The highest BCUT2D eigenvalue weighted by Crippen LogP contribution is 2.62. The molecule has 2 aliphatic rings. The van der Waals surface area contributed by atoms with Crippen molar-refractivity contribution >= 4 is 0 Å². The Bertz CT molecular complexity index is 592. The van der Waals surface area contributed by atoms with Gasteiger partial charge < -0.3 is 14.6 Å². The molecule has 120 valence electrons. The normalized spacial score (nSPS) is 29.2. The standard InChI is InChI=1S/C19H26O3/c1-4-5-9-18-10-8-14(2)19(18,20)17-7-6-16(22-13-21-3)11-15(17)12-18/h6-8,11,20H,4-5,9-10,12-13H2,1-3H3/t18-,19-/m0/s1. The Hall–Kier alpha value is -1.32. The fourth-order valence-electron chi connectivity index (χ4n) is 4.30. The second-order valence-corrected chi connectivity index (χ2v) is 6.73.